The molecule has 3 atom stereocenters. The van der Waals surface area contributed by atoms with Gasteiger partial charge in [0.2, 0.25) is 10.0 Å². The van der Waals surface area contributed by atoms with Crippen LogP contribution in [0.4, 0.5) is 0 Å². The number of nitrogens with zero attached hydrogens (tertiary/aromatic N) is 1. The summed E-state index contributed by atoms with van der Waals surface area (Å²) in [6.07, 6.45) is 5.65. The highest BCUT2D eigenvalue weighted by Crippen LogP contribution is 2.42. The Labute approximate surface area is 171 Å². The van der Waals surface area contributed by atoms with Crippen LogP contribution >= 0.6 is 0 Å². The molecule has 0 radical (unpaired) electrons. The predicted octanol–water partition coefficient (Wildman–Crippen LogP) is 4.02. The van der Waals surface area contributed by atoms with E-state index in [0.29, 0.717) is 28.4 Å². The predicted molar refractivity (Wildman–Crippen MR) is 116 cm³/mol. The number of ether oxygens (including phenoxy) is 1. The van der Waals surface area contributed by atoms with Gasteiger partial charge in [-0.15, -0.1) is 6.42 Å². The Morgan fingerprint density at radius 3 is 2.25 bits per heavy atom. The van der Waals surface area contributed by atoms with Crippen molar-refractivity contribution in [1.82, 2.24) is 4.31 Å². The number of rotatable bonds is 6. The molecule has 0 bridgehead atoms. The highest BCUT2D eigenvalue weighted by molar-refractivity contribution is 7.89. The molecule has 1 heterocycles. The molecule has 0 saturated carbocycles. The number of aryl methyl sites for hydroxylation is 1. The van der Waals surface area contributed by atoms with Crippen LogP contribution in [-0.4, -0.2) is 46.8 Å². The zero-order valence-electron chi connectivity index (χ0n) is 18.5. The average Bonchev–Trinajstić information content (AvgIpc) is 3.29. The number of terminal acetylenes is 1. The second-order valence-corrected chi connectivity index (χ2v) is 15.6. The highest BCUT2D eigenvalue weighted by Gasteiger charge is 2.56. The zero-order chi connectivity index (χ0) is 21.7. The van der Waals surface area contributed by atoms with E-state index in [2.05, 4.69) is 39.8 Å². The van der Waals surface area contributed by atoms with Crippen LogP contribution < -0.4 is 4.74 Å². The quantitative estimate of drug-likeness (QED) is 0.394. The Morgan fingerprint density at radius 1 is 1.21 bits per heavy atom. The summed E-state index contributed by atoms with van der Waals surface area (Å²) in [6.45, 7) is 16.6. The van der Waals surface area contributed by atoms with Gasteiger partial charge in [0.1, 0.15) is 11.8 Å². The maximum atomic E-state index is 13.4. The topological polar surface area (TPSA) is 55.6 Å². The van der Waals surface area contributed by atoms with E-state index in [0.717, 1.165) is 5.56 Å². The van der Waals surface area contributed by atoms with Gasteiger partial charge < -0.3 is 9.16 Å². The standard InChI is InChI=1S/C21H33NO4SSi/c1-11-17-18(13-26-28(9,10)21(5,6)7)22(17)27(23,24)20-14(2)12-19(25-8)15(3)16(20)4/h1,12,17-18H,13H2,2-10H3/t17-,18+,22?/m1/s1. The smallest absolute Gasteiger partial charge is 0.245 e. The van der Waals surface area contributed by atoms with Gasteiger partial charge in [-0.05, 0) is 61.7 Å². The molecule has 28 heavy (non-hydrogen) atoms. The van der Waals surface area contributed by atoms with E-state index in [9.17, 15) is 8.42 Å². The molecule has 1 aliphatic heterocycles. The molecule has 1 aromatic carbocycles. The van der Waals surface area contributed by atoms with Gasteiger partial charge in [0.15, 0.2) is 8.32 Å². The van der Waals surface area contributed by atoms with Crippen molar-refractivity contribution in [3.05, 3.63) is 22.8 Å². The van der Waals surface area contributed by atoms with E-state index in [1.807, 2.05) is 13.8 Å². The van der Waals surface area contributed by atoms with Crippen LogP contribution in [0, 0.1) is 33.1 Å². The summed E-state index contributed by atoms with van der Waals surface area (Å²) in [5, 5.41) is 0.0531. The maximum Gasteiger partial charge on any atom is 0.245 e. The average molecular weight is 424 g/mol. The molecule has 1 fully saturated rings. The normalized spacial score (nSPS) is 22.6. The maximum absolute atomic E-state index is 13.4. The van der Waals surface area contributed by atoms with E-state index in [1.165, 1.54) is 4.31 Å². The Morgan fingerprint density at radius 2 is 1.79 bits per heavy atom. The van der Waals surface area contributed by atoms with Gasteiger partial charge >= 0.3 is 0 Å². The Balaban J connectivity index is 2.35. The van der Waals surface area contributed by atoms with E-state index in [1.54, 1.807) is 20.1 Å². The van der Waals surface area contributed by atoms with Crippen molar-refractivity contribution in [3.8, 4) is 18.1 Å². The van der Waals surface area contributed by atoms with Gasteiger partial charge in [-0.1, -0.05) is 26.7 Å². The van der Waals surface area contributed by atoms with Crippen molar-refractivity contribution in [2.45, 2.75) is 76.7 Å². The van der Waals surface area contributed by atoms with Gasteiger partial charge in [0.25, 0.3) is 0 Å². The van der Waals surface area contributed by atoms with Crippen LogP contribution in [0.1, 0.15) is 37.5 Å². The molecule has 1 aliphatic rings. The third-order valence-corrected chi connectivity index (χ3v) is 12.9. The molecule has 1 unspecified atom stereocenters. The van der Waals surface area contributed by atoms with Crippen molar-refractivity contribution in [1.29, 1.82) is 0 Å². The van der Waals surface area contributed by atoms with Crippen molar-refractivity contribution in [2.75, 3.05) is 13.7 Å². The Kier molecular flexibility index (Phi) is 6.14. The second-order valence-electron chi connectivity index (χ2n) is 9.06. The van der Waals surface area contributed by atoms with Gasteiger partial charge in [-0.25, -0.2) is 8.42 Å². The minimum atomic E-state index is -3.72. The molecular weight excluding hydrogens is 390 g/mol. The zero-order valence-corrected chi connectivity index (χ0v) is 20.3. The Bertz CT molecular complexity index is 910. The van der Waals surface area contributed by atoms with Gasteiger partial charge in [0.05, 0.1) is 24.7 Å². The fourth-order valence-corrected chi connectivity index (χ4v) is 6.40. The lowest BCUT2D eigenvalue weighted by Gasteiger charge is -2.36. The first-order valence-corrected chi connectivity index (χ1v) is 13.8. The number of hydrogen-bond acceptors (Lipinski definition) is 4. The van der Waals surface area contributed by atoms with Crippen LogP contribution in [0.25, 0.3) is 0 Å². The van der Waals surface area contributed by atoms with Crippen LogP contribution in [0.5, 0.6) is 5.75 Å². The molecule has 1 saturated heterocycles. The van der Waals surface area contributed by atoms with Crippen LogP contribution in [0.15, 0.2) is 11.0 Å². The number of sulfonamides is 1. The third kappa shape index (κ3) is 3.88. The van der Waals surface area contributed by atoms with Gasteiger partial charge in [-0.2, -0.15) is 4.31 Å². The molecule has 1 aromatic rings. The molecule has 0 N–H and O–H groups in total. The van der Waals surface area contributed by atoms with Crippen LogP contribution in [0.2, 0.25) is 18.1 Å². The van der Waals surface area contributed by atoms with Crippen molar-refractivity contribution in [3.63, 3.8) is 0 Å². The molecule has 7 heteroatoms. The van der Waals surface area contributed by atoms with Crippen molar-refractivity contribution < 1.29 is 17.6 Å². The summed E-state index contributed by atoms with van der Waals surface area (Å²) in [5.74, 6) is 3.31. The molecule has 2 rings (SSSR count). The second kappa shape index (κ2) is 7.49. The lowest BCUT2D eigenvalue weighted by Crippen LogP contribution is -2.42. The molecule has 0 spiro atoms. The minimum Gasteiger partial charge on any atom is -0.496 e. The lowest BCUT2D eigenvalue weighted by molar-refractivity contribution is 0.281. The summed E-state index contributed by atoms with van der Waals surface area (Å²) in [5.41, 5.74) is 2.18. The van der Waals surface area contributed by atoms with Gasteiger partial charge in [-0.3, -0.25) is 0 Å². The molecule has 0 amide bonds. The fourth-order valence-electron chi connectivity index (χ4n) is 3.18. The first-order chi connectivity index (χ1) is 12.7. The molecular formula is C21H33NO4SSi. The fraction of sp³-hybridized carbons (Fsp3) is 0.619. The van der Waals surface area contributed by atoms with Crippen molar-refractivity contribution >= 4 is 18.3 Å². The largest absolute Gasteiger partial charge is 0.496 e. The number of methoxy groups -OCH3 is 1. The summed E-state index contributed by atoms with van der Waals surface area (Å²) in [7, 11) is -4.12. The van der Waals surface area contributed by atoms with E-state index in [-0.39, 0.29) is 11.1 Å². The number of benzene rings is 1. The van der Waals surface area contributed by atoms with Crippen molar-refractivity contribution in [2.24, 2.45) is 0 Å². The monoisotopic (exact) mass is 423 g/mol. The van der Waals surface area contributed by atoms with Gasteiger partial charge in [0, 0.05) is 0 Å². The summed E-state index contributed by atoms with van der Waals surface area (Å²) in [6, 6.07) is 0.992. The van der Waals surface area contributed by atoms with Crippen LogP contribution in [0.3, 0.4) is 0 Å². The summed E-state index contributed by atoms with van der Waals surface area (Å²) >= 11 is 0. The van der Waals surface area contributed by atoms with Crippen LogP contribution in [-0.2, 0) is 14.4 Å². The lowest BCUT2D eigenvalue weighted by atomic mass is 10.1. The molecule has 0 aliphatic carbocycles. The van der Waals surface area contributed by atoms with E-state index < -0.39 is 24.4 Å². The van der Waals surface area contributed by atoms with E-state index in [4.69, 9.17) is 15.6 Å². The highest BCUT2D eigenvalue weighted by atomic mass is 32.2. The Hall–Kier alpha value is -1.33. The minimum absolute atomic E-state index is 0.0531. The summed E-state index contributed by atoms with van der Waals surface area (Å²) < 4.78 is 39.9. The first-order valence-electron chi connectivity index (χ1n) is 9.49. The SMILES string of the molecule is C#C[C@@H]1[C@H](CO[Si](C)(C)C(C)(C)C)N1S(=O)(=O)c1c(C)cc(OC)c(C)c1C. The van der Waals surface area contributed by atoms with E-state index >= 15 is 0 Å². The third-order valence-electron chi connectivity index (χ3n) is 6.20. The summed E-state index contributed by atoms with van der Waals surface area (Å²) in [4.78, 5) is 0.320. The molecule has 0 aromatic heterocycles. The number of hydrogen-bond donors (Lipinski definition) is 0. The first kappa shape index (κ1) is 23.0. The molecule has 156 valence electrons. The molecule has 5 nitrogen and oxygen atoms in total.